The molecule has 8 aromatic carbocycles. The van der Waals surface area contributed by atoms with Crippen LogP contribution in [-0.4, -0.2) is 9.13 Å². The summed E-state index contributed by atoms with van der Waals surface area (Å²) in [6.45, 7) is 18.9. The van der Waals surface area contributed by atoms with Crippen LogP contribution in [0.15, 0.2) is 205 Å². The summed E-state index contributed by atoms with van der Waals surface area (Å²) in [5.74, 6) is 0. The highest BCUT2D eigenvalue weighted by molar-refractivity contribution is 6.13. The van der Waals surface area contributed by atoms with Gasteiger partial charge in [-0.25, -0.2) is 0 Å². The molecule has 0 saturated heterocycles. The van der Waals surface area contributed by atoms with Gasteiger partial charge >= 0.3 is 0 Å². The number of hydrogen-bond donors (Lipinski definition) is 0. The van der Waals surface area contributed by atoms with Crippen molar-refractivity contribution in [2.45, 2.75) is 40.0 Å². The molecule has 0 aliphatic heterocycles. The maximum atomic E-state index is 6.31. The normalized spacial score (nSPS) is 11.8. The summed E-state index contributed by atoms with van der Waals surface area (Å²) in [5, 5.41) is 7.21. The van der Waals surface area contributed by atoms with Crippen LogP contribution in [-0.2, 0) is 19.3 Å². The number of fused-ring (bicyclic) bond motifs is 9. The Hall–Kier alpha value is -7.62. The van der Waals surface area contributed by atoms with Crippen LogP contribution in [0.3, 0.4) is 0 Å². The monoisotopic (exact) mass is 812 g/mol. The molecular formula is C60H48N2O. The van der Waals surface area contributed by atoms with Crippen molar-refractivity contribution in [1.29, 1.82) is 0 Å². The van der Waals surface area contributed by atoms with E-state index in [9.17, 15) is 0 Å². The molecule has 0 saturated carbocycles. The van der Waals surface area contributed by atoms with Gasteiger partial charge in [-0.1, -0.05) is 103 Å². The fourth-order valence-electron chi connectivity index (χ4n) is 9.84. The van der Waals surface area contributed by atoms with Crippen molar-refractivity contribution in [3.05, 3.63) is 217 Å². The van der Waals surface area contributed by atoms with E-state index in [1.54, 1.807) is 0 Å². The van der Waals surface area contributed by atoms with Crippen LogP contribution in [0.4, 0.5) is 0 Å². The van der Waals surface area contributed by atoms with Gasteiger partial charge in [0.15, 0.2) is 0 Å². The molecule has 0 aliphatic rings. The average molecular weight is 813 g/mol. The fourth-order valence-corrected chi connectivity index (χ4v) is 9.84. The molecular weight excluding hydrogens is 765 g/mol. The van der Waals surface area contributed by atoms with Gasteiger partial charge in [0.25, 0.3) is 0 Å². The zero-order chi connectivity index (χ0) is 42.9. The van der Waals surface area contributed by atoms with E-state index in [1.165, 1.54) is 77.0 Å². The Labute approximate surface area is 368 Å². The highest BCUT2D eigenvalue weighted by Crippen LogP contribution is 2.40. The molecule has 0 aliphatic carbocycles. The maximum absolute atomic E-state index is 6.31. The van der Waals surface area contributed by atoms with Crippen LogP contribution < -0.4 is 0 Å². The van der Waals surface area contributed by atoms with E-state index in [1.807, 2.05) is 0 Å². The summed E-state index contributed by atoms with van der Waals surface area (Å²) in [4.78, 5) is 0. The highest BCUT2D eigenvalue weighted by Gasteiger charge is 2.18. The summed E-state index contributed by atoms with van der Waals surface area (Å²) in [6, 6.07) is 60.5. The van der Waals surface area contributed by atoms with E-state index in [-0.39, 0.29) is 0 Å². The standard InChI is InChI=1S/C60H48N2O/c1-37(2)27-40-15-21-55-49(30-40)51-34-44(18-23-57(51)61(55)47-12-8-7-9-13-47)43-11-10-14-48(33-43)62-56-22-16-41(28-38(3)4)31-50(56)52-35-45(19-24-58(52)62)46-20-26-60-54(36-46)53-32-42(29-39(5)6)17-25-59(53)63-60/h7-26,30-36H,1,3,5,27-29H2,2,4,6H3. The van der Waals surface area contributed by atoms with Crippen molar-refractivity contribution in [1.82, 2.24) is 9.13 Å². The van der Waals surface area contributed by atoms with E-state index in [4.69, 9.17) is 4.42 Å². The van der Waals surface area contributed by atoms with Crippen molar-refractivity contribution in [2.24, 2.45) is 0 Å². The molecule has 11 aromatic rings. The largest absolute Gasteiger partial charge is 0.456 e. The first-order chi connectivity index (χ1) is 30.6. The number of rotatable bonds is 10. The Bertz CT molecular complexity index is 3680. The lowest BCUT2D eigenvalue weighted by Gasteiger charge is -2.12. The zero-order valence-corrected chi connectivity index (χ0v) is 36.1. The van der Waals surface area contributed by atoms with Gasteiger partial charge in [0.1, 0.15) is 11.2 Å². The molecule has 3 heteroatoms. The maximum Gasteiger partial charge on any atom is 0.135 e. The van der Waals surface area contributed by atoms with Crippen molar-refractivity contribution < 1.29 is 4.42 Å². The molecule has 0 N–H and O–H groups in total. The van der Waals surface area contributed by atoms with E-state index in [2.05, 4.69) is 213 Å². The minimum atomic E-state index is 0.841. The fraction of sp³-hybridized carbons (Fsp3) is 0.100. The van der Waals surface area contributed by atoms with E-state index < -0.39 is 0 Å². The number of allylic oxidation sites excluding steroid dienone is 3. The summed E-state index contributed by atoms with van der Waals surface area (Å²) in [5.41, 5.74) is 20.8. The predicted octanol–water partition coefficient (Wildman–Crippen LogP) is 16.5. The van der Waals surface area contributed by atoms with Gasteiger partial charge in [-0.3, -0.25) is 0 Å². The first-order valence-corrected chi connectivity index (χ1v) is 21.8. The van der Waals surface area contributed by atoms with E-state index in [0.29, 0.717) is 0 Å². The van der Waals surface area contributed by atoms with Crippen LogP contribution in [0.2, 0.25) is 0 Å². The second-order valence-electron chi connectivity index (χ2n) is 17.8. The topological polar surface area (TPSA) is 23.0 Å². The van der Waals surface area contributed by atoms with Crippen LogP contribution in [0, 0.1) is 0 Å². The van der Waals surface area contributed by atoms with Crippen molar-refractivity contribution in [2.75, 3.05) is 0 Å². The molecule has 0 amide bonds. The average Bonchev–Trinajstić information content (AvgIpc) is 3.92. The summed E-state index contributed by atoms with van der Waals surface area (Å²) >= 11 is 0. The Morgan fingerprint density at radius 1 is 0.365 bits per heavy atom. The molecule has 0 fully saturated rings. The molecule has 0 bridgehead atoms. The van der Waals surface area contributed by atoms with E-state index >= 15 is 0 Å². The number of furan rings is 1. The molecule has 3 aromatic heterocycles. The quantitative estimate of drug-likeness (QED) is 0.126. The lowest BCUT2D eigenvalue weighted by Crippen LogP contribution is -1.95. The molecule has 0 spiro atoms. The van der Waals surface area contributed by atoms with Crippen molar-refractivity contribution >= 4 is 65.6 Å². The van der Waals surface area contributed by atoms with Crippen LogP contribution in [0.25, 0.3) is 99.2 Å². The molecule has 3 heterocycles. The molecule has 3 nitrogen and oxygen atoms in total. The Morgan fingerprint density at radius 2 is 0.746 bits per heavy atom. The van der Waals surface area contributed by atoms with Gasteiger partial charge in [0, 0.05) is 43.7 Å². The molecule has 0 unspecified atom stereocenters. The number of aromatic nitrogens is 2. The highest BCUT2D eigenvalue weighted by atomic mass is 16.3. The zero-order valence-electron chi connectivity index (χ0n) is 36.1. The molecule has 63 heavy (non-hydrogen) atoms. The van der Waals surface area contributed by atoms with Gasteiger partial charge in [-0.05, 0) is 176 Å². The Morgan fingerprint density at radius 3 is 1.29 bits per heavy atom. The minimum absolute atomic E-state index is 0.841. The van der Waals surface area contributed by atoms with Crippen LogP contribution >= 0.6 is 0 Å². The Balaban J connectivity index is 1.05. The third-order valence-corrected chi connectivity index (χ3v) is 12.5. The molecule has 11 rings (SSSR count). The third kappa shape index (κ3) is 6.78. The number of nitrogens with zero attached hydrogens (tertiary/aromatic N) is 2. The number of benzene rings is 8. The minimum Gasteiger partial charge on any atom is -0.456 e. The molecule has 0 radical (unpaired) electrons. The lowest BCUT2D eigenvalue weighted by molar-refractivity contribution is 0.669. The Kier molecular flexibility index (Phi) is 9.17. The van der Waals surface area contributed by atoms with E-state index in [0.717, 1.165) is 74.9 Å². The molecule has 304 valence electrons. The lowest BCUT2D eigenvalue weighted by atomic mass is 9.99. The van der Waals surface area contributed by atoms with Gasteiger partial charge in [0.2, 0.25) is 0 Å². The summed E-state index contributed by atoms with van der Waals surface area (Å²) in [6.07, 6.45) is 2.55. The van der Waals surface area contributed by atoms with Crippen molar-refractivity contribution in [3.8, 4) is 33.6 Å². The SMILES string of the molecule is C=C(C)Cc1ccc2oc3ccc(-c4ccc5c(c4)c4cc(CC(=C)C)ccc4n5-c4cccc(-c5ccc6c(c5)c5cc(CC(=C)C)ccc5n6-c5ccccc5)c4)cc3c2c1. The van der Waals surface area contributed by atoms with Crippen molar-refractivity contribution in [3.63, 3.8) is 0 Å². The molecule has 0 atom stereocenters. The predicted molar refractivity (Wildman–Crippen MR) is 269 cm³/mol. The first kappa shape index (κ1) is 38.3. The van der Waals surface area contributed by atoms with Gasteiger partial charge in [-0.2, -0.15) is 0 Å². The van der Waals surface area contributed by atoms with Gasteiger partial charge in [-0.15, -0.1) is 0 Å². The third-order valence-electron chi connectivity index (χ3n) is 12.5. The smallest absolute Gasteiger partial charge is 0.135 e. The number of hydrogen-bond acceptors (Lipinski definition) is 1. The van der Waals surface area contributed by atoms with Crippen LogP contribution in [0.5, 0.6) is 0 Å². The second kappa shape index (κ2) is 15.1. The summed E-state index contributed by atoms with van der Waals surface area (Å²) < 4.78 is 11.1. The van der Waals surface area contributed by atoms with Crippen LogP contribution in [0.1, 0.15) is 37.5 Å². The number of para-hydroxylation sites is 1. The first-order valence-electron chi connectivity index (χ1n) is 21.8. The van der Waals surface area contributed by atoms with Gasteiger partial charge in [0.05, 0.1) is 22.1 Å². The van der Waals surface area contributed by atoms with Gasteiger partial charge < -0.3 is 13.6 Å². The second-order valence-corrected chi connectivity index (χ2v) is 17.8. The summed E-state index contributed by atoms with van der Waals surface area (Å²) in [7, 11) is 0.